The molecule has 18 nitrogen and oxygen atoms in total. The number of aromatic nitrogens is 3. The number of ether oxygens (including phenoxy) is 3. The van der Waals surface area contributed by atoms with Gasteiger partial charge in [0, 0.05) is 63.2 Å². The molecule has 0 aliphatic carbocycles. The minimum absolute atomic E-state index is 0.0643. The first kappa shape index (κ1) is 59.7. The zero-order chi connectivity index (χ0) is 62.1. The van der Waals surface area contributed by atoms with Crippen LogP contribution >= 0.6 is 0 Å². The summed E-state index contributed by atoms with van der Waals surface area (Å²) in [7, 11) is 3.91. The van der Waals surface area contributed by atoms with Crippen molar-refractivity contribution in [1.29, 1.82) is 0 Å². The van der Waals surface area contributed by atoms with Crippen molar-refractivity contribution in [2.45, 2.75) is 13.5 Å². The van der Waals surface area contributed by atoms with Gasteiger partial charge in [0.2, 0.25) is 0 Å². The van der Waals surface area contributed by atoms with Gasteiger partial charge >= 0.3 is 17.9 Å². The Balaban J connectivity index is 0.000000158. The molecule has 0 saturated heterocycles. The summed E-state index contributed by atoms with van der Waals surface area (Å²) >= 11 is 0. The number of esters is 3. The number of Topliss-reactive ketones (excluding diaryl/α,β-unsaturated/α-hetero) is 1. The second-order valence-electron chi connectivity index (χ2n) is 19.7. The van der Waals surface area contributed by atoms with Crippen molar-refractivity contribution >= 4 is 23.7 Å². The van der Waals surface area contributed by atoms with E-state index >= 15 is 0 Å². The Bertz CT molecular complexity index is 4260. The molecule has 8 aromatic carbocycles. The number of rotatable bonds is 13. The summed E-state index contributed by atoms with van der Waals surface area (Å²) in [5, 5.41) is 77.1. The molecule has 0 aliphatic heterocycles. The zero-order valence-corrected chi connectivity index (χ0v) is 47.2. The minimum Gasteiger partial charge on any atom is -0.508 e. The molecule has 18 heteroatoms. The summed E-state index contributed by atoms with van der Waals surface area (Å²) in [6.07, 6.45) is 5.24. The van der Waals surface area contributed by atoms with Gasteiger partial charge in [0.25, 0.3) is 0 Å². The predicted molar refractivity (Wildman–Crippen MR) is 326 cm³/mol. The minimum atomic E-state index is -0.622. The number of nitrogens with one attached hydrogen (secondary N) is 1. The van der Waals surface area contributed by atoms with Crippen molar-refractivity contribution in [1.82, 2.24) is 14.1 Å². The van der Waals surface area contributed by atoms with E-state index in [0.29, 0.717) is 61.6 Å². The van der Waals surface area contributed by atoms with Crippen LogP contribution < -0.4 is 0 Å². The third-order valence-electron chi connectivity index (χ3n) is 14.1. The van der Waals surface area contributed by atoms with Crippen LogP contribution in [0.25, 0.3) is 72.4 Å². The van der Waals surface area contributed by atoms with Gasteiger partial charge in [-0.05, 0) is 161 Å². The van der Waals surface area contributed by atoms with E-state index in [1.54, 1.807) is 168 Å². The monoisotopic (exact) mass is 1170 g/mol. The SMILES string of the molecule is COC(=O)c1[nH]cc(-c2ccc(O)cc2)c1-c1ccc(O)cc1.COC(=O)c1c(-c2ccc(O)cc2)c(-c2ccc(O)cc2)cn1-c1ccc(O)cc1.COC(=O)c1c(-c2ccc(O)cc2)c(-c2ccc(O)cc2)cn1CC(=O)c1ccc(O)cc1C. The molecule has 0 bridgehead atoms. The number of hydrogen-bond donors (Lipinski definition) is 9. The Kier molecular flexibility index (Phi) is 17.9. The van der Waals surface area contributed by atoms with Crippen LogP contribution in [-0.2, 0) is 20.8 Å². The quantitative estimate of drug-likeness (QED) is 0.0295. The molecule has 0 radical (unpaired) electrons. The highest BCUT2D eigenvalue weighted by atomic mass is 16.5. The summed E-state index contributed by atoms with van der Waals surface area (Å²) < 4.78 is 18.2. The molecule has 11 rings (SSSR count). The molecular formula is C69H57N3O15. The van der Waals surface area contributed by atoms with Crippen LogP contribution in [0.4, 0.5) is 0 Å². The first-order chi connectivity index (χ1) is 41.8. The van der Waals surface area contributed by atoms with E-state index in [0.717, 1.165) is 33.4 Å². The maximum atomic E-state index is 13.2. The molecule has 0 amide bonds. The molecule has 0 atom stereocenters. The lowest BCUT2D eigenvalue weighted by atomic mass is 9.96. The number of hydrogen-bond acceptors (Lipinski definition) is 15. The zero-order valence-electron chi connectivity index (χ0n) is 47.2. The number of phenolic OH excluding ortho intramolecular Hbond substituents is 8. The number of nitrogens with zero attached hydrogens (tertiary/aromatic N) is 2. The number of phenols is 8. The molecule has 11 aromatic rings. The maximum absolute atomic E-state index is 13.2. The fourth-order valence-corrected chi connectivity index (χ4v) is 9.86. The van der Waals surface area contributed by atoms with Gasteiger partial charge < -0.3 is 69.2 Å². The second-order valence-corrected chi connectivity index (χ2v) is 19.7. The van der Waals surface area contributed by atoms with Gasteiger partial charge in [-0.1, -0.05) is 72.8 Å². The van der Waals surface area contributed by atoms with Gasteiger partial charge in [0.1, 0.15) is 63.1 Å². The van der Waals surface area contributed by atoms with Gasteiger partial charge in [-0.3, -0.25) is 4.79 Å². The molecule has 0 saturated carbocycles. The molecule has 87 heavy (non-hydrogen) atoms. The molecule has 438 valence electrons. The summed E-state index contributed by atoms with van der Waals surface area (Å²) in [5.41, 5.74) is 11.1. The number of aryl methyl sites for hydroxylation is 1. The van der Waals surface area contributed by atoms with Crippen molar-refractivity contribution in [2.24, 2.45) is 0 Å². The van der Waals surface area contributed by atoms with E-state index in [1.165, 1.54) is 69.9 Å². The van der Waals surface area contributed by atoms with Crippen LogP contribution in [0.1, 0.15) is 47.4 Å². The maximum Gasteiger partial charge on any atom is 0.355 e. The van der Waals surface area contributed by atoms with Crippen LogP contribution in [0.15, 0.2) is 207 Å². The molecule has 3 heterocycles. The first-order valence-corrected chi connectivity index (χ1v) is 26.7. The topological polar surface area (TPSA) is 283 Å². The third kappa shape index (κ3) is 13.3. The molecule has 3 aromatic heterocycles. The third-order valence-corrected chi connectivity index (χ3v) is 14.1. The summed E-state index contributed by atoms with van der Waals surface area (Å²) in [6, 6.07) is 50.4. The van der Waals surface area contributed by atoms with Crippen molar-refractivity contribution < 1.29 is 74.2 Å². The van der Waals surface area contributed by atoms with E-state index in [2.05, 4.69) is 4.98 Å². The number of aromatic hydroxyl groups is 8. The lowest BCUT2D eigenvalue weighted by Gasteiger charge is -2.11. The molecule has 0 fully saturated rings. The number of ketones is 1. The predicted octanol–water partition coefficient (Wildman–Crippen LogP) is 13.2. The van der Waals surface area contributed by atoms with Gasteiger partial charge in [-0.2, -0.15) is 0 Å². The van der Waals surface area contributed by atoms with Crippen LogP contribution in [0.5, 0.6) is 46.0 Å². The van der Waals surface area contributed by atoms with Crippen LogP contribution in [0.3, 0.4) is 0 Å². The summed E-state index contributed by atoms with van der Waals surface area (Å²) in [4.78, 5) is 54.0. The first-order valence-electron chi connectivity index (χ1n) is 26.7. The number of H-pyrrole nitrogens is 1. The van der Waals surface area contributed by atoms with Crippen molar-refractivity contribution in [2.75, 3.05) is 21.3 Å². The number of methoxy groups -OCH3 is 3. The number of carbonyl (C=O) groups is 4. The molecule has 9 N–H and O–H groups in total. The van der Waals surface area contributed by atoms with Crippen molar-refractivity contribution in [3.63, 3.8) is 0 Å². The number of carbonyl (C=O) groups excluding carboxylic acids is 4. The lowest BCUT2D eigenvalue weighted by Crippen LogP contribution is -2.17. The largest absolute Gasteiger partial charge is 0.508 e. The van der Waals surface area contributed by atoms with Crippen molar-refractivity contribution in [3.8, 4) is 118 Å². The van der Waals surface area contributed by atoms with E-state index < -0.39 is 17.9 Å². The Morgan fingerprint density at radius 2 is 0.736 bits per heavy atom. The standard InChI is InChI=1S/C27H23NO6.C24H19NO5.C18H15NO4/c1-16-13-21(31)11-12-22(16)24(32)15-28-14-23(17-3-7-19(29)8-4-17)25(26(28)27(33)34-2)18-5-9-20(30)10-6-18;1-30-24(29)23-22(16-4-10-19(27)11-5-16)21(15-2-8-18(26)9-3-15)14-25(23)17-6-12-20(28)13-7-17;1-23-18(22)17-16(12-4-8-14(21)9-5-12)15(10-19-17)11-2-6-13(20)7-3-11/h3-14,29-31H,15H2,1-2H3;2-14,26-28H,1H3;2-10,19-21H,1H3. The van der Waals surface area contributed by atoms with Crippen LogP contribution in [-0.4, -0.2) is 100.0 Å². The van der Waals surface area contributed by atoms with Gasteiger partial charge in [0.15, 0.2) is 5.78 Å². The molecule has 0 spiro atoms. The van der Waals surface area contributed by atoms with Gasteiger partial charge in [-0.25, -0.2) is 14.4 Å². The fourth-order valence-electron chi connectivity index (χ4n) is 9.86. The average Bonchev–Trinajstić information content (AvgIpc) is 1.70. The van der Waals surface area contributed by atoms with Crippen molar-refractivity contribution in [3.05, 3.63) is 235 Å². The van der Waals surface area contributed by atoms with Crippen LogP contribution in [0, 0.1) is 6.92 Å². The van der Waals surface area contributed by atoms with E-state index in [1.807, 2.05) is 6.20 Å². The molecule has 0 aliphatic rings. The van der Waals surface area contributed by atoms with E-state index in [9.17, 15) is 60.0 Å². The Morgan fingerprint density at radius 3 is 1.15 bits per heavy atom. The average molecular weight is 1170 g/mol. The Hall–Kier alpha value is -11.9. The van der Waals surface area contributed by atoms with E-state index in [4.69, 9.17) is 14.2 Å². The second kappa shape index (κ2) is 26.1. The van der Waals surface area contributed by atoms with Crippen LogP contribution in [0.2, 0.25) is 0 Å². The molecular weight excluding hydrogens is 1110 g/mol. The van der Waals surface area contributed by atoms with E-state index in [-0.39, 0.29) is 64.0 Å². The highest BCUT2D eigenvalue weighted by molar-refractivity contribution is 6.05. The highest BCUT2D eigenvalue weighted by Crippen LogP contribution is 2.42. The lowest BCUT2D eigenvalue weighted by molar-refractivity contribution is 0.0581. The summed E-state index contributed by atoms with van der Waals surface area (Å²) in [5.74, 6) is -0.952. The Labute approximate surface area is 498 Å². The fraction of sp³-hybridized carbons (Fsp3) is 0.0725. The van der Waals surface area contributed by atoms with Gasteiger partial charge in [-0.15, -0.1) is 0 Å². The normalized spacial score (nSPS) is 10.7. The molecule has 0 unspecified atom stereocenters. The highest BCUT2D eigenvalue weighted by Gasteiger charge is 2.28. The summed E-state index contributed by atoms with van der Waals surface area (Å²) in [6.45, 7) is 1.59. The number of aromatic amines is 1. The Morgan fingerprint density at radius 1 is 0.391 bits per heavy atom. The number of benzene rings is 8. The van der Waals surface area contributed by atoms with Gasteiger partial charge in [0.05, 0.1) is 27.9 Å². The smallest absolute Gasteiger partial charge is 0.355 e.